The summed E-state index contributed by atoms with van der Waals surface area (Å²) < 4.78 is 11.6. The molecule has 5 N–H and O–H groups in total. The molecule has 0 aliphatic carbocycles. The highest BCUT2D eigenvalue weighted by Crippen LogP contribution is 2.54. The Balaban J connectivity index is 3.05. The molecule has 100 valence electrons. The van der Waals surface area contributed by atoms with Crippen LogP contribution in [0.5, 0.6) is 0 Å². The number of rotatable bonds is 5. The summed E-state index contributed by atoms with van der Waals surface area (Å²) in [5, 5.41) is 9.15. The molecule has 1 atom stereocenters. The minimum atomic E-state index is -4.55. The molecule has 0 aliphatic heterocycles. The van der Waals surface area contributed by atoms with Gasteiger partial charge in [0.1, 0.15) is 5.28 Å². The van der Waals surface area contributed by atoms with Crippen LogP contribution in [0.2, 0.25) is 0 Å². The quantitative estimate of drug-likeness (QED) is 0.296. The summed E-state index contributed by atoms with van der Waals surface area (Å²) in [6, 6.07) is 8.07. The van der Waals surface area contributed by atoms with Crippen LogP contribution in [-0.2, 0) is 14.6 Å². The molecule has 0 heterocycles. The molecule has 7 nitrogen and oxygen atoms in total. The van der Waals surface area contributed by atoms with Gasteiger partial charge in [0.25, 0.3) is 5.91 Å². The number of amides is 1. The number of hydrogen-bond donors (Lipinski definition) is 5. The van der Waals surface area contributed by atoms with E-state index in [1.807, 2.05) is 0 Å². The summed E-state index contributed by atoms with van der Waals surface area (Å²) in [6.45, 7) is 0.876. The number of benzene rings is 1. The van der Waals surface area contributed by atoms with Crippen LogP contribution >= 0.6 is 7.60 Å². The predicted octanol–water partition coefficient (Wildman–Crippen LogP) is 0.132. The van der Waals surface area contributed by atoms with Crippen molar-refractivity contribution in [1.29, 1.82) is 0 Å². The van der Waals surface area contributed by atoms with Gasteiger partial charge in [0.2, 0.25) is 0 Å². The Morgan fingerprint density at radius 3 is 2.33 bits per heavy atom. The third kappa shape index (κ3) is 3.16. The Bertz CT molecular complexity index is 461. The maximum absolute atomic E-state index is 11.6. The number of nitrogens with one attached hydrogen (secondary N) is 2. The van der Waals surface area contributed by atoms with E-state index in [4.69, 9.17) is 5.21 Å². The summed E-state index contributed by atoms with van der Waals surface area (Å²) in [4.78, 5) is 29.8. The standard InChI is InChI=1S/C10H15N2O5P/c1-10(18(15,16)17,11-7-9(13)12-14)8-5-3-2-4-6-8/h2-6,11,14H,7H2,1H3,(H,12,13)(H2,15,16,17). The Morgan fingerprint density at radius 1 is 1.33 bits per heavy atom. The van der Waals surface area contributed by atoms with Crippen LogP contribution in [0.4, 0.5) is 0 Å². The zero-order chi connectivity index (χ0) is 13.8. The second kappa shape index (κ2) is 5.60. The van der Waals surface area contributed by atoms with E-state index in [1.165, 1.54) is 12.4 Å². The first-order chi connectivity index (χ1) is 8.31. The first-order valence-electron chi connectivity index (χ1n) is 5.10. The predicted molar refractivity (Wildman–Crippen MR) is 63.8 cm³/mol. The van der Waals surface area contributed by atoms with Crippen molar-refractivity contribution in [2.24, 2.45) is 0 Å². The Kier molecular flexibility index (Phi) is 4.61. The van der Waals surface area contributed by atoms with Gasteiger partial charge in [-0.15, -0.1) is 0 Å². The third-order valence-electron chi connectivity index (χ3n) is 2.64. The van der Waals surface area contributed by atoms with Crippen molar-refractivity contribution in [2.45, 2.75) is 12.2 Å². The van der Waals surface area contributed by atoms with Crippen molar-refractivity contribution in [2.75, 3.05) is 6.54 Å². The smallest absolute Gasteiger partial charge is 0.323 e. The van der Waals surface area contributed by atoms with Gasteiger partial charge in [0.05, 0.1) is 6.54 Å². The van der Waals surface area contributed by atoms with Gasteiger partial charge in [-0.25, -0.2) is 5.48 Å². The first kappa shape index (κ1) is 14.8. The van der Waals surface area contributed by atoms with Crippen molar-refractivity contribution in [1.82, 2.24) is 10.8 Å². The molecule has 0 aromatic heterocycles. The van der Waals surface area contributed by atoms with Gasteiger partial charge in [-0.3, -0.25) is 19.9 Å². The topological polar surface area (TPSA) is 119 Å². The highest BCUT2D eigenvalue weighted by Gasteiger charge is 2.43. The molecule has 0 spiro atoms. The van der Waals surface area contributed by atoms with Gasteiger partial charge in [0.15, 0.2) is 0 Å². The van der Waals surface area contributed by atoms with Gasteiger partial charge in [-0.1, -0.05) is 30.3 Å². The van der Waals surface area contributed by atoms with Crippen LogP contribution in [0.3, 0.4) is 0 Å². The summed E-state index contributed by atoms with van der Waals surface area (Å²) in [5.74, 6) is -0.786. The fourth-order valence-corrected chi connectivity index (χ4v) is 2.20. The zero-order valence-electron chi connectivity index (χ0n) is 9.70. The van der Waals surface area contributed by atoms with Crippen LogP contribution < -0.4 is 10.8 Å². The van der Waals surface area contributed by atoms with E-state index in [1.54, 1.807) is 30.3 Å². The summed E-state index contributed by atoms with van der Waals surface area (Å²) >= 11 is 0. The fourth-order valence-electron chi connectivity index (χ4n) is 1.43. The largest absolute Gasteiger partial charge is 0.349 e. The van der Waals surface area contributed by atoms with E-state index < -0.39 is 25.3 Å². The molecule has 0 aliphatic rings. The molecule has 8 heteroatoms. The van der Waals surface area contributed by atoms with Crippen molar-refractivity contribution in [3.63, 3.8) is 0 Å². The lowest BCUT2D eigenvalue weighted by atomic mass is 10.1. The summed E-state index contributed by atoms with van der Waals surface area (Å²) in [6.07, 6.45) is 0. The highest BCUT2D eigenvalue weighted by atomic mass is 31.2. The second-order valence-electron chi connectivity index (χ2n) is 3.87. The maximum atomic E-state index is 11.6. The molecule has 0 saturated carbocycles. The summed E-state index contributed by atoms with van der Waals surface area (Å²) in [5.41, 5.74) is 1.74. The highest BCUT2D eigenvalue weighted by molar-refractivity contribution is 7.53. The number of hydrogen-bond acceptors (Lipinski definition) is 4. The van der Waals surface area contributed by atoms with E-state index in [9.17, 15) is 19.1 Å². The number of carbonyl (C=O) groups is 1. The minimum absolute atomic E-state index is 0.351. The SMILES string of the molecule is CC(NCC(=O)NO)(c1ccccc1)P(=O)(O)O. The molecule has 0 bridgehead atoms. The van der Waals surface area contributed by atoms with Crippen LogP contribution in [0.1, 0.15) is 12.5 Å². The Morgan fingerprint density at radius 2 is 1.89 bits per heavy atom. The van der Waals surface area contributed by atoms with Gasteiger partial charge in [-0.2, -0.15) is 0 Å². The molecule has 0 saturated heterocycles. The molecule has 1 rings (SSSR count). The molecule has 1 aromatic carbocycles. The van der Waals surface area contributed by atoms with Gasteiger partial charge in [0, 0.05) is 0 Å². The molecular formula is C10H15N2O5P. The van der Waals surface area contributed by atoms with E-state index in [-0.39, 0.29) is 0 Å². The fraction of sp³-hybridized carbons (Fsp3) is 0.300. The molecule has 0 radical (unpaired) electrons. The van der Waals surface area contributed by atoms with Gasteiger partial charge in [-0.05, 0) is 12.5 Å². The lowest BCUT2D eigenvalue weighted by Gasteiger charge is -2.31. The lowest BCUT2D eigenvalue weighted by Crippen LogP contribution is -2.44. The maximum Gasteiger partial charge on any atom is 0.349 e. The normalized spacial score (nSPS) is 14.9. The van der Waals surface area contributed by atoms with E-state index in [2.05, 4.69) is 5.32 Å². The van der Waals surface area contributed by atoms with Crippen molar-refractivity contribution >= 4 is 13.5 Å². The Labute approximate surface area is 104 Å². The van der Waals surface area contributed by atoms with Crippen LogP contribution in [-0.4, -0.2) is 27.4 Å². The van der Waals surface area contributed by atoms with Crippen molar-refractivity contribution in [3.8, 4) is 0 Å². The van der Waals surface area contributed by atoms with Crippen LogP contribution in [0, 0.1) is 0 Å². The van der Waals surface area contributed by atoms with Gasteiger partial charge >= 0.3 is 7.60 Å². The average molecular weight is 274 g/mol. The van der Waals surface area contributed by atoms with Crippen LogP contribution in [0.15, 0.2) is 30.3 Å². The first-order valence-corrected chi connectivity index (χ1v) is 6.71. The van der Waals surface area contributed by atoms with E-state index in [0.717, 1.165) is 0 Å². The minimum Gasteiger partial charge on any atom is -0.323 e. The number of carbonyl (C=O) groups excluding carboxylic acids is 1. The molecular weight excluding hydrogens is 259 g/mol. The molecule has 1 aromatic rings. The van der Waals surface area contributed by atoms with E-state index in [0.29, 0.717) is 5.56 Å². The van der Waals surface area contributed by atoms with Crippen molar-refractivity contribution < 1.29 is 24.4 Å². The monoisotopic (exact) mass is 274 g/mol. The van der Waals surface area contributed by atoms with E-state index >= 15 is 0 Å². The number of hydroxylamine groups is 1. The molecule has 18 heavy (non-hydrogen) atoms. The Hall–Kier alpha value is -1.24. The third-order valence-corrected chi connectivity index (χ3v) is 4.22. The lowest BCUT2D eigenvalue weighted by molar-refractivity contribution is -0.128. The molecule has 1 unspecified atom stereocenters. The average Bonchev–Trinajstić information content (AvgIpc) is 2.35. The van der Waals surface area contributed by atoms with Crippen LogP contribution in [0.25, 0.3) is 0 Å². The second-order valence-corrected chi connectivity index (χ2v) is 5.85. The molecule has 0 fully saturated rings. The van der Waals surface area contributed by atoms with Crippen molar-refractivity contribution in [3.05, 3.63) is 35.9 Å². The zero-order valence-corrected chi connectivity index (χ0v) is 10.6. The van der Waals surface area contributed by atoms with Gasteiger partial charge < -0.3 is 9.79 Å². The summed E-state index contributed by atoms with van der Waals surface area (Å²) in [7, 11) is -4.55. The molecule has 1 amide bonds.